The number of hydrogen-bond donors (Lipinski definition) is 0. The number of rotatable bonds is 5. The predicted octanol–water partition coefficient (Wildman–Crippen LogP) is 11.9. The lowest BCUT2D eigenvalue weighted by Gasteiger charge is -2.42. The third kappa shape index (κ3) is 4.61. The molecule has 1 aliphatic heterocycles. The molecule has 256 valence electrons. The largest absolute Gasteiger partial charge is 0.327 e. The summed E-state index contributed by atoms with van der Waals surface area (Å²) in [5.74, 6) is 1.59. The highest BCUT2D eigenvalue weighted by atomic mass is 19.1. The van der Waals surface area contributed by atoms with E-state index in [0.29, 0.717) is 11.1 Å². The van der Waals surface area contributed by atoms with Crippen LogP contribution in [-0.4, -0.2) is 19.1 Å². The van der Waals surface area contributed by atoms with Crippen molar-refractivity contribution in [3.8, 4) is 17.1 Å². The minimum absolute atomic E-state index is 0.425. The molecule has 0 bridgehead atoms. The Kier molecular flexibility index (Phi) is 6.92. The molecule has 0 fully saturated rings. The van der Waals surface area contributed by atoms with Gasteiger partial charge in [0.25, 0.3) is 0 Å². The first kappa shape index (κ1) is 31.2. The first-order valence-corrected chi connectivity index (χ1v) is 18.0. The van der Waals surface area contributed by atoms with Gasteiger partial charge in [0, 0.05) is 46.2 Å². The summed E-state index contributed by atoms with van der Waals surface area (Å²) in [4.78, 5) is 12.0. The molecule has 1 unspecified atom stereocenters. The molecule has 0 saturated carbocycles. The quantitative estimate of drug-likeness (QED) is 0.181. The number of hydrogen-bond acceptors (Lipinski definition) is 3. The lowest BCUT2D eigenvalue weighted by atomic mass is 9.71. The van der Waals surface area contributed by atoms with E-state index in [4.69, 9.17) is 9.97 Å². The van der Waals surface area contributed by atoms with E-state index < -0.39 is 11.6 Å². The van der Waals surface area contributed by atoms with Gasteiger partial charge >= 0.3 is 0 Å². The van der Waals surface area contributed by atoms with Gasteiger partial charge in [-0.2, -0.15) is 0 Å². The molecule has 9 aromatic rings. The van der Waals surface area contributed by atoms with E-state index in [1.165, 1.54) is 5.56 Å². The number of aromatic nitrogens is 4. The number of imidazole rings is 1. The summed E-state index contributed by atoms with van der Waals surface area (Å²) in [7, 11) is 2.02. The minimum atomic E-state index is -1.46. The Morgan fingerprint density at radius 1 is 0.679 bits per heavy atom. The van der Waals surface area contributed by atoms with E-state index in [1.807, 2.05) is 92.1 Å². The standard InChI is InChI=1S/C47H36FN5/c1-47(2)35-21-8-11-24-38(35)53(41-26-13-14-27-49-41)40-29-34(44(48)30-16-15-17-31(28-30)46-50-36-22-9-12-25-39(36)51(46)3)45-42(43(40)47)33-20-7-10-23-37(33)52(45)32-18-5-4-6-19-32/h4-29,44H,1-3H3. The van der Waals surface area contributed by atoms with Crippen LogP contribution in [0.2, 0.25) is 0 Å². The van der Waals surface area contributed by atoms with E-state index in [-0.39, 0.29) is 0 Å². The molecule has 53 heavy (non-hydrogen) atoms. The fraction of sp³-hybridized carbons (Fsp3) is 0.106. The smallest absolute Gasteiger partial charge is 0.152 e. The molecule has 1 aliphatic rings. The third-order valence-electron chi connectivity index (χ3n) is 11.0. The molecular formula is C47H36FN5. The second-order valence-electron chi connectivity index (χ2n) is 14.4. The van der Waals surface area contributed by atoms with Gasteiger partial charge in [0.15, 0.2) is 6.17 Å². The van der Waals surface area contributed by atoms with Gasteiger partial charge in [-0.15, -0.1) is 0 Å². The van der Waals surface area contributed by atoms with E-state index in [9.17, 15) is 0 Å². The molecule has 0 amide bonds. The molecule has 0 aliphatic carbocycles. The molecule has 0 radical (unpaired) electrons. The van der Waals surface area contributed by atoms with Crippen LogP contribution < -0.4 is 4.90 Å². The number of anilines is 3. The number of aryl methyl sites for hydroxylation is 1. The van der Waals surface area contributed by atoms with Crippen LogP contribution in [0.1, 0.15) is 42.3 Å². The average Bonchev–Trinajstić information content (AvgIpc) is 3.73. The summed E-state index contributed by atoms with van der Waals surface area (Å²) in [6, 6.07) is 51.3. The van der Waals surface area contributed by atoms with Gasteiger partial charge in [0.2, 0.25) is 0 Å². The average molecular weight is 690 g/mol. The van der Waals surface area contributed by atoms with Crippen LogP contribution in [0.25, 0.3) is 49.9 Å². The number of halogens is 1. The van der Waals surface area contributed by atoms with Crippen molar-refractivity contribution in [3.63, 3.8) is 0 Å². The van der Waals surface area contributed by atoms with Gasteiger partial charge in [-0.25, -0.2) is 14.4 Å². The number of pyridine rings is 1. The Bertz CT molecular complexity index is 2850. The highest BCUT2D eigenvalue weighted by Crippen LogP contribution is 2.57. The van der Waals surface area contributed by atoms with Crippen LogP contribution in [-0.2, 0) is 12.5 Å². The zero-order valence-electron chi connectivity index (χ0n) is 29.7. The van der Waals surface area contributed by atoms with Crippen LogP contribution in [0.5, 0.6) is 0 Å². The first-order valence-electron chi connectivity index (χ1n) is 18.0. The summed E-state index contributed by atoms with van der Waals surface area (Å²) in [5, 5.41) is 2.13. The van der Waals surface area contributed by atoms with Gasteiger partial charge in [-0.3, -0.25) is 4.90 Å². The van der Waals surface area contributed by atoms with Crippen molar-refractivity contribution in [3.05, 3.63) is 180 Å². The number of nitrogens with zero attached hydrogens (tertiary/aromatic N) is 5. The Balaban J connectivity index is 1.31. The van der Waals surface area contributed by atoms with E-state index >= 15 is 4.39 Å². The van der Waals surface area contributed by atoms with Gasteiger partial charge in [-0.1, -0.05) is 105 Å². The molecule has 0 saturated heterocycles. The van der Waals surface area contributed by atoms with E-state index in [1.54, 1.807) is 0 Å². The molecule has 6 aromatic carbocycles. The maximum absolute atomic E-state index is 18.1. The molecule has 10 rings (SSSR count). The Morgan fingerprint density at radius 3 is 2.23 bits per heavy atom. The van der Waals surface area contributed by atoms with Crippen molar-refractivity contribution in [1.29, 1.82) is 0 Å². The van der Waals surface area contributed by atoms with E-state index in [2.05, 4.69) is 101 Å². The van der Waals surface area contributed by atoms with Crippen molar-refractivity contribution in [1.82, 2.24) is 19.1 Å². The summed E-state index contributed by atoms with van der Waals surface area (Å²) in [6.45, 7) is 4.59. The van der Waals surface area contributed by atoms with Gasteiger partial charge in [-0.05, 0) is 77.4 Å². The number of fused-ring (bicyclic) bond motifs is 7. The monoisotopic (exact) mass is 689 g/mol. The van der Waals surface area contributed by atoms with Crippen LogP contribution in [0.3, 0.4) is 0 Å². The normalized spacial score (nSPS) is 14.1. The third-order valence-corrected chi connectivity index (χ3v) is 11.0. The summed E-state index contributed by atoms with van der Waals surface area (Å²) < 4.78 is 22.5. The molecule has 4 heterocycles. The zero-order chi connectivity index (χ0) is 35.8. The molecule has 5 nitrogen and oxygen atoms in total. The second kappa shape index (κ2) is 11.8. The highest BCUT2D eigenvalue weighted by molar-refractivity contribution is 6.15. The molecule has 3 aromatic heterocycles. The van der Waals surface area contributed by atoms with Crippen molar-refractivity contribution < 1.29 is 4.39 Å². The van der Waals surface area contributed by atoms with Crippen molar-refractivity contribution in [2.45, 2.75) is 25.4 Å². The van der Waals surface area contributed by atoms with Crippen LogP contribution in [0.15, 0.2) is 158 Å². The van der Waals surface area contributed by atoms with Crippen molar-refractivity contribution in [2.75, 3.05) is 4.90 Å². The molecule has 0 spiro atoms. The van der Waals surface area contributed by atoms with E-state index in [0.717, 1.165) is 72.7 Å². The lowest BCUT2D eigenvalue weighted by molar-refractivity contribution is 0.404. The Labute approximate surface area is 307 Å². The minimum Gasteiger partial charge on any atom is -0.327 e. The maximum atomic E-state index is 18.1. The van der Waals surface area contributed by atoms with Crippen LogP contribution in [0, 0.1) is 0 Å². The van der Waals surface area contributed by atoms with Crippen molar-refractivity contribution in [2.24, 2.45) is 7.05 Å². The number of alkyl halides is 1. The maximum Gasteiger partial charge on any atom is 0.152 e. The van der Waals surface area contributed by atoms with Gasteiger partial charge in [0.05, 0.1) is 33.4 Å². The first-order chi connectivity index (χ1) is 25.9. The lowest BCUT2D eigenvalue weighted by Crippen LogP contribution is -2.31. The SMILES string of the molecule is Cn1c(-c2cccc(C(F)c3cc4c(c5c6ccccc6n(-c6ccccc6)c35)C(C)(C)c3ccccc3N4c3ccccn3)c2)nc2ccccc21. The predicted molar refractivity (Wildman–Crippen MR) is 214 cm³/mol. The summed E-state index contributed by atoms with van der Waals surface area (Å²) in [5.41, 5.74) is 10.7. The molecule has 0 N–H and O–H groups in total. The number of benzene rings is 6. The second-order valence-corrected chi connectivity index (χ2v) is 14.4. The molecular weight excluding hydrogens is 654 g/mol. The highest BCUT2D eigenvalue weighted by Gasteiger charge is 2.41. The Morgan fingerprint density at radius 2 is 1.42 bits per heavy atom. The van der Waals surface area contributed by atoms with Gasteiger partial charge in [0.1, 0.15) is 11.6 Å². The Hall–Kier alpha value is -6.53. The summed E-state index contributed by atoms with van der Waals surface area (Å²) >= 11 is 0. The van der Waals surface area contributed by atoms with Crippen LogP contribution in [0.4, 0.5) is 21.6 Å². The van der Waals surface area contributed by atoms with Crippen molar-refractivity contribution >= 4 is 50.0 Å². The molecule has 6 heteroatoms. The zero-order valence-corrected chi connectivity index (χ0v) is 29.7. The fourth-order valence-corrected chi connectivity index (χ4v) is 8.64. The molecule has 1 atom stereocenters. The number of para-hydroxylation sites is 5. The van der Waals surface area contributed by atoms with Crippen LogP contribution >= 0.6 is 0 Å². The topological polar surface area (TPSA) is 38.9 Å². The fourth-order valence-electron chi connectivity index (χ4n) is 8.64. The van der Waals surface area contributed by atoms with Gasteiger partial charge < -0.3 is 9.13 Å². The summed E-state index contributed by atoms with van der Waals surface area (Å²) in [6.07, 6.45) is 0.359.